The van der Waals surface area contributed by atoms with E-state index in [1.807, 2.05) is 0 Å². The second-order valence-electron chi connectivity index (χ2n) is 8.32. The SMILES string of the molecule is [2H]c1c([2H])c([2H])c(-c2nc(-c3c([2H])c([2H])c([2H])c([2H])c3[2H])nc(-c3c([2H])c([2H])c(-c4c([2H])c([2H])c([2H])c5oc6c([2H])c7c([2H])c([2H])c([2H])c([2H])c7c([2H])c6c45)c([2H])c3[2H])n2)c([2H])c1[2H]. The number of aromatic nitrogens is 3. The van der Waals surface area contributed by atoms with Gasteiger partial charge in [-0.1, -0.05) is 121 Å². The summed E-state index contributed by atoms with van der Waals surface area (Å²) in [5.74, 6) is -2.31. The van der Waals surface area contributed by atoms with Crippen LogP contribution in [0.4, 0.5) is 0 Å². The molecule has 0 bridgehead atoms. The molecule has 0 radical (unpaired) electrons. The largest absolute Gasteiger partial charge is 0.456 e. The van der Waals surface area contributed by atoms with Gasteiger partial charge in [0.1, 0.15) is 11.2 Å². The lowest BCUT2D eigenvalue weighted by atomic mass is 9.97. The molecule has 0 amide bonds. The lowest BCUT2D eigenvalue weighted by molar-refractivity contribution is 0.669. The molecule has 0 spiro atoms. The fourth-order valence-electron chi connectivity index (χ4n) is 4.09. The molecule has 6 aromatic carbocycles. The number of nitrogens with zero attached hydrogens (tertiary/aromatic N) is 3. The average molecular weight is 549 g/mol. The Bertz CT molecular complexity index is 3320. The zero-order chi connectivity index (χ0) is 47.2. The van der Waals surface area contributed by atoms with E-state index in [1.165, 1.54) is 0 Å². The molecule has 0 saturated heterocycles. The minimum atomic E-state index is -0.977. The van der Waals surface area contributed by atoms with Crippen LogP contribution in [0.5, 0.6) is 0 Å². The van der Waals surface area contributed by atoms with E-state index in [0.717, 1.165) is 0 Å². The van der Waals surface area contributed by atoms with E-state index in [-0.39, 0.29) is 0 Å². The zero-order valence-electron chi connectivity index (χ0n) is 43.2. The summed E-state index contributed by atoms with van der Waals surface area (Å²) in [7, 11) is 0. The third-order valence-corrected chi connectivity index (χ3v) is 5.88. The van der Waals surface area contributed by atoms with E-state index < -0.39 is 217 Å². The van der Waals surface area contributed by atoms with E-state index >= 15 is 0 Å². The van der Waals surface area contributed by atoms with Gasteiger partial charge in [-0.15, -0.1) is 0 Å². The maximum absolute atomic E-state index is 9.26. The molecule has 2 heterocycles. The van der Waals surface area contributed by atoms with Crippen LogP contribution in [-0.2, 0) is 0 Å². The summed E-state index contributed by atoms with van der Waals surface area (Å²) >= 11 is 0. The molecule has 8 aromatic rings. The zero-order valence-corrected chi connectivity index (χ0v) is 20.2. The van der Waals surface area contributed by atoms with Crippen molar-refractivity contribution in [3.63, 3.8) is 0 Å². The molecule has 0 N–H and O–H groups in total. The number of hydrogen-bond acceptors (Lipinski definition) is 4. The predicted octanol–water partition coefficient (Wildman–Crippen LogP) is 9.59. The van der Waals surface area contributed by atoms with Crippen LogP contribution in [0.3, 0.4) is 0 Å². The van der Waals surface area contributed by atoms with Crippen LogP contribution >= 0.6 is 0 Å². The Hall–Kier alpha value is -5.61. The van der Waals surface area contributed by atoms with E-state index in [0.29, 0.717) is 0 Å². The first-order valence-corrected chi connectivity index (χ1v) is 11.7. The van der Waals surface area contributed by atoms with Crippen molar-refractivity contribution in [1.29, 1.82) is 0 Å². The van der Waals surface area contributed by atoms with Crippen molar-refractivity contribution in [3.8, 4) is 45.3 Å². The normalized spacial score (nSPS) is 19.3. The van der Waals surface area contributed by atoms with Gasteiger partial charge in [0.15, 0.2) is 17.5 Å². The first-order chi connectivity index (χ1) is 29.9. The van der Waals surface area contributed by atoms with Crippen molar-refractivity contribution in [2.24, 2.45) is 0 Å². The Morgan fingerprint density at radius 2 is 0.951 bits per heavy atom. The monoisotopic (exact) mass is 548 g/mol. The van der Waals surface area contributed by atoms with Gasteiger partial charge in [-0.3, -0.25) is 0 Å². The van der Waals surface area contributed by atoms with Gasteiger partial charge in [-0.05, 0) is 40.0 Å². The van der Waals surface area contributed by atoms with E-state index in [4.69, 9.17) is 29.1 Å². The molecule has 0 saturated carbocycles. The van der Waals surface area contributed by atoms with Crippen molar-refractivity contribution in [2.75, 3.05) is 0 Å². The van der Waals surface area contributed by atoms with Crippen LogP contribution in [0.2, 0.25) is 0 Å². The van der Waals surface area contributed by atoms with Gasteiger partial charge in [0.05, 0.1) is 31.5 Å². The van der Waals surface area contributed by atoms with Gasteiger partial charge in [-0.25, -0.2) is 15.0 Å². The highest BCUT2D eigenvalue weighted by molar-refractivity contribution is 6.15. The van der Waals surface area contributed by atoms with Crippen LogP contribution in [0.1, 0.15) is 31.5 Å². The Balaban J connectivity index is 1.51. The van der Waals surface area contributed by atoms with Crippen molar-refractivity contribution in [1.82, 2.24) is 15.0 Å². The Morgan fingerprint density at radius 3 is 1.56 bits per heavy atom. The number of benzene rings is 6. The molecular formula is C37H23N3O. The summed E-state index contributed by atoms with van der Waals surface area (Å²) in [6.07, 6.45) is 0. The molecule has 41 heavy (non-hydrogen) atoms. The second-order valence-corrected chi connectivity index (χ2v) is 8.32. The Morgan fingerprint density at radius 1 is 0.439 bits per heavy atom. The molecular weight excluding hydrogens is 502 g/mol. The summed E-state index contributed by atoms with van der Waals surface area (Å²) in [5.41, 5.74) is -4.46. The molecule has 0 aliphatic heterocycles. The molecule has 0 fully saturated rings. The summed E-state index contributed by atoms with van der Waals surface area (Å²) in [4.78, 5) is 12.6. The summed E-state index contributed by atoms with van der Waals surface area (Å²) < 4.78 is 204. The third-order valence-electron chi connectivity index (χ3n) is 5.88. The molecule has 0 unspecified atom stereocenters. The number of rotatable bonds is 4. The maximum atomic E-state index is 9.26. The first-order valence-electron chi connectivity index (χ1n) is 23.2. The molecule has 0 aliphatic rings. The van der Waals surface area contributed by atoms with Crippen LogP contribution in [-0.4, -0.2) is 15.0 Å². The standard InChI is InChI=1S/C37H23N3O/c1-3-10-25(11-4-1)35-38-36(26-12-5-2-6-13-26)40-37(39-35)27-20-18-24(19-21-27)30-16-9-17-32-34(30)31-22-28-14-7-8-15-29(28)23-33(31)41-32/h1-23H/i1D,2D,3D,4D,5D,6D,7D,8D,9D,10D,11D,12D,13D,14D,15D,16D,17D,18D,19D,20D,21D,22D,23D. The van der Waals surface area contributed by atoms with Crippen molar-refractivity contribution < 1.29 is 35.9 Å². The summed E-state index contributed by atoms with van der Waals surface area (Å²) in [5, 5.41) is -1.68. The highest BCUT2D eigenvalue weighted by Gasteiger charge is 2.15. The highest BCUT2D eigenvalue weighted by atomic mass is 16.3. The van der Waals surface area contributed by atoms with Crippen molar-refractivity contribution in [2.45, 2.75) is 0 Å². The van der Waals surface area contributed by atoms with E-state index in [1.54, 1.807) is 0 Å². The Labute approximate surface area is 268 Å². The molecule has 2 aromatic heterocycles. The van der Waals surface area contributed by atoms with Gasteiger partial charge in [0, 0.05) is 27.5 Å². The van der Waals surface area contributed by atoms with Gasteiger partial charge in [-0.2, -0.15) is 0 Å². The van der Waals surface area contributed by atoms with Crippen LogP contribution in [0.25, 0.3) is 78.0 Å². The molecule has 192 valence electrons. The van der Waals surface area contributed by atoms with Gasteiger partial charge < -0.3 is 4.42 Å². The smallest absolute Gasteiger partial charge is 0.164 e. The highest BCUT2D eigenvalue weighted by Crippen LogP contribution is 2.38. The van der Waals surface area contributed by atoms with Crippen LogP contribution < -0.4 is 0 Å². The topological polar surface area (TPSA) is 51.8 Å². The molecule has 4 nitrogen and oxygen atoms in total. The van der Waals surface area contributed by atoms with Crippen LogP contribution in [0, 0.1) is 0 Å². The molecule has 0 atom stereocenters. The number of furan rings is 1. The van der Waals surface area contributed by atoms with Crippen molar-refractivity contribution in [3.05, 3.63) is 139 Å². The number of hydrogen-bond donors (Lipinski definition) is 0. The summed E-state index contributed by atoms with van der Waals surface area (Å²) in [6, 6.07) is -18.8. The molecule has 4 heteroatoms. The third kappa shape index (κ3) is 4.14. The Kier molecular flexibility index (Phi) is 2.28. The first kappa shape index (κ1) is 9.79. The van der Waals surface area contributed by atoms with E-state index in [2.05, 4.69) is 15.0 Å². The fraction of sp³-hybridized carbons (Fsp3) is 0. The van der Waals surface area contributed by atoms with E-state index in [9.17, 15) is 6.85 Å². The molecule has 0 aliphatic carbocycles. The average Bonchev–Trinajstić information content (AvgIpc) is 3.67. The fourth-order valence-corrected chi connectivity index (χ4v) is 4.09. The predicted molar refractivity (Wildman–Crippen MR) is 166 cm³/mol. The van der Waals surface area contributed by atoms with Crippen LogP contribution in [0.15, 0.2) is 143 Å². The lowest BCUT2D eigenvalue weighted by Crippen LogP contribution is -2.00. The minimum absolute atomic E-state index is 0.403. The minimum Gasteiger partial charge on any atom is -0.456 e. The van der Waals surface area contributed by atoms with Crippen molar-refractivity contribution >= 4 is 32.7 Å². The van der Waals surface area contributed by atoms with Gasteiger partial charge in [0.2, 0.25) is 0 Å². The van der Waals surface area contributed by atoms with Gasteiger partial charge >= 0.3 is 0 Å². The maximum Gasteiger partial charge on any atom is 0.164 e. The quantitative estimate of drug-likeness (QED) is 0.220. The second kappa shape index (κ2) is 9.54. The van der Waals surface area contributed by atoms with Gasteiger partial charge in [0.25, 0.3) is 0 Å². The number of fused-ring (bicyclic) bond motifs is 4. The lowest BCUT2D eigenvalue weighted by Gasteiger charge is -2.09. The molecule has 8 rings (SSSR count). The summed E-state index contributed by atoms with van der Waals surface area (Å²) in [6.45, 7) is 0.